The second-order valence-corrected chi connectivity index (χ2v) is 5.72. The summed E-state index contributed by atoms with van der Waals surface area (Å²) in [5, 5.41) is 3.14. The van der Waals surface area contributed by atoms with E-state index in [1.54, 1.807) is 0 Å². The van der Waals surface area contributed by atoms with Crippen LogP contribution in [0.3, 0.4) is 0 Å². The van der Waals surface area contributed by atoms with Gasteiger partial charge in [0.15, 0.2) is 0 Å². The predicted octanol–water partition coefficient (Wildman–Crippen LogP) is 2.83. The topological polar surface area (TPSA) is 32.3 Å². The molecular formula is C13H15BrF2N2O. The van der Waals surface area contributed by atoms with Gasteiger partial charge >= 0.3 is 0 Å². The number of nitrogens with zero attached hydrogens (tertiary/aromatic N) is 1. The molecule has 0 bridgehead atoms. The third-order valence-corrected chi connectivity index (χ3v) is 3.63. The van der Waals surface area contributed by atoms with Gasteiger partial charge in [-0.3, -0.25) is 4.79 Å². The van der Waals surface area contributed by atoms with E-state index in [2.05, 4.69) is 21.2 Å². The Morgan fingerprint density at radius 1 is 1.37 bits per heavy atom. The van der Waals surface area contributed by atoms with Gasteiger partial charge in [-0.1, -0.05) is 13.8 Å². The van der Waals surface area contributed by atoms with Crippen molar-refractivity contribution in [2.75, 3.05) is 11.4 Å². The van der Waals surface area contributed by atoms with Crippen molar-refractivity contribution in [3.8, 4) is 0 Å². The summed E-state index contributed by atoms with van der Waals surface area (Å²) < 4.78 is 27.1. The van der Waals surface area contributed by atoms with E-state index < -0.39 is 11.6 Å². The fraction of sp³-hybridized carbons (Fsp3) is 0.462. The summed E-state index contributed by atoms with van der Waals surface area (Å²) in [4.78, 5) is 13.5. The highest BCUT2D eigenvalue weighted by Gasteiger charge is 2.34. The Morgan fingerprint density at radius 2 is 2.05 bits per heavy atom. The van der Waals surface area contributed by atoms with Crippen LogP contribution in [-0.4, -0.2) is 24.5 Å². The lowest BCUT2D eigenvalue weighted by molar-refractivity contribution is -0.119. The molecule has 0 aromatic heterocycles. The van der Waals surface area contributed by atoms with E-state index in [1.165, 1.54) is 11.0 Å². The molecule has 1 heterocycles. The third kappa shape index (κ3) is 2.95. The fourth-order valence-corrected chi connectivity index (χ4v) is 2.53. The number of carbonyl (C=O) groups is 1. The average molecular weight is 333 g/mol. The molecule has 1 atom stereocenters. The van der Waals surface area contributed by atoms with Gasteiger partial charge in [0, 0.05) is 18.7 Å². The van der Waals surface area contributed by atoms with Crippen molar-refractivity contribution in [1.29, 1.82) is 0 Å². The molecule has 1 aromatic carbocycles. The summed E-state index contributed by atoms with van der Waals surface area (Å²) >= 11 is 3.01. The number of hydrogen-bond acceptors (Lipinski definition) is 2. The van der Waals surface area contributed by atoms with Crippen LogP contribution in [0.25, 0.3) is 0 Å². The zero-order chi connectivity index (χ0) is 14.2. The van der Waals surface area contributed by atoms with E-state index in [9.17, 15) is 13.6 Å². The summed E-state index contributed by atoms with van der Waals surface area (Å²) in [5.74, 6) is -1.57. The SMILES string of the molecule is CC(C)NC1CCN(c2cc(Br)c(F)cc2F)C1=O. The highest BCUT2D eigenvalue weighted by Crippen LogP contribution is 2.29. The van der Waals surface area contributed by atoms with E-state index in [1.807, 2.05) is 13.8 Å². The number of halogens is 3. The van der Waals surface area contributed by atoms with Gasteiger partial charge in [-0.25, -0.2) is 8.78 Å². The Balaban J connectivity index is 2.24. The van der Waals surface area contributed by atoms with Gasteiger partial charge in [0.2, 0.25) is 5.91 Å². The highest BCUT2D eigenvalue weighted by atomic mass is 79.9. The number of hydrogen-bond donors (Lipinski definition) is 1. The van der Waals surface area contributed by atoms with Gasteiger partial charge in [-0.05, 0) is 28.4 Å². The number of benzene rings is 1. The Bertz CT molecular complexity index is 508. The highest BCUT2D eigenvalue weighted by molar-refractivity contribution is 9.10. The summed E-state index contributed by atoms with van der Waals surface area (Å²) in [6.07, 6.45) is 0.617. The molecule has 0 aliphatic carbocycles. The molecule has 1 aromatic rings. The number of rotatable bonds is 3. The van der Waals surface area contributed by atoms with Crippen molar-refractivity contribution in [3.63, 3.8) is 0 Å². The van der Waals surface area contributed by atoms with Crippen molar-refractivity contribution in [3.05, 3.63) is 28.2 Å². The van der Waals surface area contributed by atoms with Crippen molar-refractivity contribution in [2.45, 2.75) is 32.4 Å². The number of nitrogens with one attached hydrogen (secondary N) is 1. The Kier molecular flexibility index (Phi) is 4.20. The first-order valence-corrected chi connectivity index (χ1v) is 6.91. The van der Waals surface area contributed by atoms with Gasteiger partial charge in [-0.2, -0.15) is 0 Å². The Hall–Kier alpha value is -1.01. The molecule has 0 radical (unpaired) electrons. The molecule has 1 unspecified atom stereocenters. The molecule has 1 aliphatic heterocycles. The third-order valence-electron chi connectivity index (χ3n) is 3.02. The Morgan fingerprint density at radius 3 is 2.68 bits per heavy atom. The molecule has 2 rings (SSSR count). The van der Waals surface area contributed by atoms with Crippen molar-refractivity contribution in [2.24, 2.45) is 0 Å². The molecule has 1 saturated heterocycles. The van der Waals surface area contributed by atoms with Crippen molar-refractivity contribution >= 4 is 27.5 Å². The number of carbonyl (C=O) groups excluding carboxylic acids is 1. The summed E-state index contributed by atoms with van der Waals surface area (Å²) in [5.41, 5.74) is 0.117. The zero-order valence-corrected chi connectivity index (χ0v) is 12.3. The first kappa shape index (κ1) is 14.4. The zero-order valence-electron chi connectivity index (χ0n) is 10.7. The molecule has 1 fully saturated rings. The lowest BCUT2D eigenvalue weighted by Gasteiger charge is -2.19. The first-order valence-electron chi connectivity index (χ1n) is 6.12. The maximum absolute atomic E-state index is 13.8. The van der Waals surface area contributed by atoms with Crippen molar-refractivity contribution < 1.29 is 13.6 Å². The van der Waals surface area contributed by atoms with Crippen LogP contribution in [0.2, 0.25) is 0 Å². The van der Waals surface area contributed by atoms with Gasteiger partial charge in [0.1, 0.15) is 11.6 Å². The van der Waals surface area contributed by atoms with E-state index in [0.717, 1.165) is 6.07 Å². The van der Waals surface area contributed by atoms with Crippen LogP contribution in [0.1, 0.15) is 20.3 Å². The largest absolute Gasteiger partial charge is 0.308 e. The second kappa shape index (κ2) is 5.54. The van der Waals surface area contributed by atoms with Crippen LogP contribution < -0.4 is 10.2 Å². The number of anilines is 1. The number of amides is 1. The van der Waals surface area contributed by atoms with Crippen LogP contribution in [0.15, 0.2) is 16.6 Å². The molecule has 3 nitrogen and oxygen atoms in total. The second-order valence-electron chi connectivity index (χ2n) is 4.87. The van der Waals surface area contributed by atoms with E-state index in [0.29, 0.717) is 13.0 Å². The molecule has 0 spiro atoms. The summed E-state index contributed by atoms with van der Waals surface area (Å²) in [6, 6.07) is 1.97. The van der Waals surface area contributed by atoms with E-state index >= 15 is 0 Å². The van der Waals surface area contributed by atoms with Crippen LogP contribution in [0.4, 0.5) is 14.5 Å². The van der Waals surface area contributed by atoms with Gasteiger partial charge in [0.05, 0.1) is 16.2 Å². The predicted molar refractivity (Wildman–Crippen MR) is 73.1 cm³/mol. The maximum atomic E-state index is 13.8. The molecule has 104 valence electrons. The van der Waals surface area contributed by atoms with Crippen LogP contribution in [0.5, 0.6) is 0 Å². The molecule has 1 aliphatic rings. The Labute approximate surface area is 119 Å². The standard InChI is InChI=1S/C13H15BrF2N2O/c1-7(2)17-11-3-4-18(13(11)19)12-5-8(14)9(15)6-10(12)16/h5-7,11,17H,3-4H2,1-2H3. The molecule has 0 saturated carbocycles. The van der Waals surface area contributed by atoms with E-state index in [4.69, 9.17) is 0 Å². The summed E-state index contributed by atoms with van der Waals surface area (Å²) in [6.45, 7) is 4.33. The van der Waals surface area contributed by atoms with Gasteiger partial charge < -0.3 is 10.2 Å². The fourth-order valence-electron chi connectivity index (χ4n) is 2.20. The van der Waals surface area contributed by atoms with Crippen molar-refractivity contribution in [1.82, 2.24) is 5.32 Å². The molecule has 19 heavy (non-hydrogen) atoms. The monoisotopic (exact) mass is 332 g/mol. The quantitative estimate of drug-likeness (QED) is 0.863. The van der Waals surface area contributed by atoms with Gasteiger partial charge in [0.25, 0.3) is 0 Å². The first-order chi connectivity index (χ1) is 8.90. The average Bonchev–Trinajstić information content (AvgIpc) is 2.65. The molecular weight excluding hydrogens is 318 g/mol. The lowest BCUT2D eigenvalue weighted by atomic mass is 10.2. The minimum atomic E-state index is -0.723. The van der Waals surface area contributed by atoms with E-state index in [-0.39, 0.29) is 28.2 Å². The van der Waals surface area contributed by atoms with Gasteiger partial charge in [-0.15, -0.1) is 0 Å². The smallest absolute Gasteiger partial charge is 0.244 e. The lowest BCUT2D eigenvalue weighted by Crippen LogP contribution is -2.41. The van der Waals surface area contributed by atoms with Crippen LogP contribution in [0, 0.1) is 11.6 Å². The summed E-state index contributed by atoms with van der Waals surface area (Å²) in [7, 11) is 0. The normalized spacial score (nSPS) is 19.6. The molecule has 6 heteroatoms. The van der Waals surface area contributed by atoms with Crippen LogP contribution >= 0.6 is 15.9 Å². The maximum Gasteiger partial charge on any atom is 0.244 e. The molecule has 1 N–H and O–H groups in total. The van der Waals surface area contributed by atoms with Crippen LogP contribution in [-0.2, 0) is 4.79 Å². The minimum absolute atomic E-state index is 0.117. The molecule has 1 amide bonds. The minimum Gasteiger partial charge on any atom is -0.308 e.